The van der Waals surface area contributed by atoms with Gasteiger partial charge in [0.25, 0.3) is 0 Å². The average molecular weight is 469 g/mol. The van der Waals surface area contributed by atoms with Crippen LogP contribution in [0.2, 0.25) is 0 Å². The molecule has 0 spiro atoms. The van der Waals surface area contributed by atoms with Crippen LogP contribution in [-0.4, -0.2) is 17.6 Å². The fraction of sp³-hybridized carbons (Fsp3) is 0.120. The van der Waals surface area contributed by atoms with E-state index in [4.69, 9.17) is 0 Å². The first-order valence-corrected chi connectivity index (χ1v) is 11.1. The third-order valence-corrected chi connectivity index (χ3v) is 6.22. The van der Waals surface area contributed by atoms with Crippen LogP contribution in [0.1, 0.15) is 22.1 Å². The summed E-state index contributed by atoms with van der Waals surface area (Å²) in [6.45, 7) is 0. The maximum atomic E-state index is 12.9. The van der Waals surface area contributed by atoms with E-state index in [1.807, 2.05) is 36.4 Å². The molecule has 2 amide bonds. The van der Waals surface area contributed by atoms with E-state index in [9.17, 15) is 22.8 Å². The molecule has 1 N–H and O–H groups in total. The summed E-state index contributed by atoms with van der Waals surface area (Å²) < 4.78 is 38.7. The maximum absolute atomic E-state index is 12.9. The molecule has 4 rings (SSSR count). The first-order chi connectivity index (χ1) is 15.8. The number of hydrogen-bond acceptors (Lipinski definition) is 3. The normalized spacial score (nSPS) is 16.4. The van der Waals surface area contributed by atoms with Gasteiger partial charge in [-0.2, -0.15) is 13.2 Å². The summed E-state index contributed by atoms with van der Waals surface area (Å²) in [6, 6.07) is 21.1. The van der Waals surface area contributed by atoms with Gasteiger partial charge in [0, 0.05) is 17.5 Å². The number of benzene rings is 3. The fourth-order valence-electron chi connectivity index (χ4n) is 3.45. The number of nitrogens with zero attached hydrogens (tertiary/aromatic N) is 1. The molecular formula is C25H19F3N2O2S. The summed E-state index contributed by atoms with van der Waals surface area (Å²) in [4.78, 5) is 26.3. The molecule has 0 saturated carbocycles. The molecule has 3 aromatic carbocycles. The van der Waals surface area contributed by atoms with Gasteiger partial charge in [0.1, 0.15) is 5.37 Å². The average Bonchev–Trinajstić information content (AvgIpc) is 3.19. The summed E-state index contributed by atoms with van der Waals surface area (Å²) in [5.41, 5.74) is 1.84. The third kappa shape index (κ3) is 5.46. The molecule has 3 aromatic rings. The molecule has 1 aliphatic rings. The number of thioether (sulfide) groups is 1. The van der Waals surface area contributed by atoms with Crippen LogP contribution in [-0.2, 0) is 15.8 Å². The molecule has 1 aliphatic heterocycles. The van der Waals surface area contributed by atoms with Gasteiger partial charge in [-0.05, 0) is 53.6 Å². The van der Waals surface area contributed by atoms with Crippen molar-refractivity contribution in [2.75, 3.05) is 16.0 Å². The predicted octanol–water partition coefficient (Wildman–Crippen LogP) is 6.14. The highest BCUT2D eigenvalue weighted by Gasteiger charge is 2.35. The van der Waals surface area contributed by atoms with Gasteiger partial charge in [-0.1, -0.05) is 42.5 Å². The molecule has 4 nitrogen and oxygen atoms in total. The van der Waals surface area contributed by atoms with Crippen molar-refractivity contribution in [3.63, 3.8) is 0 Å². The van der Waals surface area contributed by atoms with E-state index in [1.165, 1.54) is 34.9 Å². The number of halogens is 3. The van der Waals surface area contributed by atoms with E-state index in [-0.39, 0.29) is 17.6 Å². The Morgan fingerprint density at radius 1 is 1.00 bits per heavy atom. The minimum atomic E-state index is -4.44. The second-order valence-electron chi connectivity index (χ2n) is 7.33. The minimum absolute atomic E-state index is 0.190. The van der Waals surface area contributed by atoms with E-state index in [0.717, 1.165) is 23.3 Å². The molecule has 1 unspecified atom stereocenters. The van der Waals surface area contributed by atoms with E-state index >= 15 is 0 Å². The Bertz CT molecular complexity index is 1180. The van der Waals surface area contributed by atoms with Crippen molar-refractivity contribution in [2.45, 2.75) is 11.6 Å². The molecule has 0 aromatic heterocycles. The van der Waals surface area contributed by atoms with Gasteiger partial charge in [0.15, 0.2) is 0 Å². The van der Waals surface area contributed by atoms with E-state index in [2.05, 4.69) is 5.32 Å². The summed E-state index contributed by atoms with van der Waals surface area (Å²) in [7, 11) is 0. The second-order valence-corrected chi connectivity index (χ2v) is 8.40. The zero-order valence-corrected chi connectivity index (χ0v) is 18.1. The SMILES string of the molecule is O=C(/C=C/c1ccccc1)Nc1cccc(C2SCC(=O)N2c2ccc(C(F)(F)F)cc2)c1. The number of rotatable bonds is 5. The molecule has 0 aliphatic carbocycles. The summed E-state index contributed by atoms with van der Waals surface area (Å²) >= 11 is 1.38. The van der Waals surface area contributed by atoms with Crippen LogP contribution >= 0.6 is 11.8 Å². The minimum Gasteiger partial charge on any atom is -0.323 e. The Balaban J connectivity index is 1.51. The lowest BCUT2D eigenvalue weighted by Gasteiger charge is -2.25. The lowest BCUT2D eigenvalue weighted by Crippen LogP contribution is -2.28. The Kier molecular flexibility index (Phi) is 6.55. The van der Waals surface area contributed by atoms with Crippen LogP contribution in [0.4, 0.5) is 24.5 Å². The van der Waals surface area contributed by atoms with E-state index in [0.29, 0.717) is 11.4 Å². The topological polar surface area (TPSA) is 49.4 Å². The van der Waals surface area contributed by atoms with Gasteiger partial charge >= 0.3 is 6.18 Å². The van der Waals surface area contributed by atoms with E-state index in [1.54, 1.807) is 24.3 Å². The Hall–Kier alpha value is -3.52. The van der Waals surface area contributed by atoms with Crippen LogP contribution in [0.25, 0.3) is 6.08 Å². The fourth-order valence-corrected chi connectivity index (χ4v) is 4.62. The molecule has 1 heterocycles. The number of nitrogens with one attached hydrogen (secondary N) is 1. The van der Waals surface area contributed by atoms with Gasteiger partial charge in [-0.25, -0.2) is 0 Å². The van der Waals surface area contributed by atoms with Crippen molar-refractivity contribution >= 4 is 41.0 Å². The van der Waals surface area contributed by atoms with Crippen molar-refractivity contribution in [2.24, 2.45) is 0 Å². The lowest BCUT2D eigenvalue weighted by molar-refractivity contribution is -0.137. The van der Waals surface area contributed by atoms with Crippen LogP contribution in [0.5, 0.6) is 0 Å². The number of carbonyl (C=O) groups excluding carboxylic acids is 2. The van der Waals surface area contributed by atoms with Crippen molar-refractivity contribution in [1.82, 2.24) is 0 Å². The highest BCUT2D eigenvalue weighted by atomic mass is 32.2. The predicted molar refractivity (Wildman–Crippen MR) is 125 cm³/mol. The smallest absolute Gasteiger partial charge is 0.323 e. The van der Waals surface area contributed by atoms with Crippen molar-refractivity contribution in [3.05, 3.63) is 102 Å². The summed E-state index contributed by atoms with van der Waals surface area (Å²) in [5, 5.41) is 2.39. The molecule has 1 saturated heterocycles. The van der Waals surface area contributed by atoms with Crippen molar-refractivity contribution in [1.29, 1.82) is 0 Å². The first kappa shape index (κ1) is 22.7. The molecular weight excluding hydrogens is 449 g/mol. The molecule has 0 radical (unpaired) electrons. The quantitative estimate of drug-likeness (QED) is 0.458. The second kappa shape index (κ2) is 9.54. The van der Waals surface area contributed by atoms with Crippen molar-refractivity contribution in [3.8, 4) is 0 Å². The first-order valence-electron chi connectivity index (χ1n) is 10.1. The zero-order valence-electron chi connectivity index (χ0n) is 17.3. The zero-order chi connectivity index (χ0) is 23.4. The highest BCUT2D eigenvalue weighted by Crippen LogP contribution is 2.43. The van der Waals surface area contributed by atoms with Crippen molar-refractivity contribution < 1.29 is 22.8 Å². The number of anilines is 2. The monoisotopic (exact) mass is 468 g/mol. The van der Waals surface area contributed by atoms with Gasteiger partial charge in [0.05, 0.1) is 11.3 Å². The van der Waals surface area contributed by atoms with Gasteiger partial charge in [-0.3, -0.25) is 14.5 Å². The van der Waals surface area contributed by atoms with Gasteiger partial charge < -0.3 is 5.32 Å². The van der Waals surface area contributed by atoms with Gasteiger partial charge in [-0.15, -0.1) is 11.8 Å². The third-order valence-electron chi connectivity index (χ3n) is 5.01. The molecule has 1 atom stereocenters. The number of alkyl halides is 3. The number of amides is 2. The summed E-state index contributed by atoms with van der Waals surface area (Å²) in [6.07, 6.45) is -1.30. The van der Waals surface area contributed by atoms with Crippen LogP contribution in [0, 0.1) is 0 Å². The van der Waals surface area contributed by atoms with Crippen LogP contribution in [0.3, 0.4) is 0 Å². The lowest BCUT2D eigenvalue weighted by atomic mass is 10.1. The number of carbonyl (C=O) groups is 2. The highest BCUT2D eigenvalue weighted by molar-refractivity contribution is 8.00. The van der Waals surface area contributed by atoms with E-state index < -0.39 is 17.1 Å². The van der Waals surface area contributed by atoms with Gasteiger partial charge in [0.2, 0.25) is 11.8 Å². The Morgan fingerprint density at radius 2 is 1.73 bits per heavy atom. The number of hydrogen-bond donors (Lipinski definition) is 1. The van der Waals surface area contributed by atoms with Crippen LogP contribution < -0.4 is 10.2 Å². The molecule has 1 fully saturated rings. The molecule has 0 bridgehead atoms. The Morgan fingerprint density at radius 3 is 2.42 bits per heavy atom. The molecule has 8 heteroatoms. The Labute approximate surface area is 193 Å². The molecule has 33 heavy (non-hydrogen) atoms. The molecule has 168 valence electrons. The standard InChI is InChI=1S/C25H19F3N2O2S/c26-25(27,28)19-10-12-21(13-11-19)30-23(32)16-33-24(30)18-7-4-8-20(15-18)29-22(31)14-9-17-5-2-1-3-6-17/h1-15,24H,16H2,(H,29,31)/b14-9+. The summed E-state index contributed by atoms with van der Waals surface area (Å²) in [5.74, 6) is -0.280. The maximum Gasteiger partial charge on any atom is 0.416 e. The largest absolute Gasteiger partial charge is 0.416 e. The van der Waals surface area contributed by atoms with Crippen LogP contribution in [0.15, 0.2) is 84.9 Å².